The Morgan fingerprint density at radius 2 is 1.85 bits per heavy atom. The first-order chi connectivity index (χ1) is 13.2. The van der Waals surface area contributed by atoms with Gasteiger partial charge in [-0.2, -0.15) is 4.37 Å². The summed E-state index contributed by atoms with van der Waals surface area (Å²) in [5, 5.41) is 2.79. The summed E-state index contributed by atoms with van der Waals surface area (Å²) >= 11 is 0.977. The summed E-state index contributed by atoms with van der Waals surface area (Å²) in [7, 11) is 0. The molecule has 1 aromatic carbocycles. The van der Waals surface area contributed by atoms with Gasteiger partial charge in [-0.3, -0.25) is 19.1 Å². The van der Waals surface area contributed by atoms with E-state index in [0.717, 1.165) is 22.8 Å². The van der Waals surface area contributed by atoms with Gasteiger partial charge in [-0.1, -0.05) is 36.4 Å². The summed E-state index contributed by atoms with van der Waals surface area (Å²) in [6, 6.07) is 15.1. The fourth-order valence-electron chi connectivity index (χ4n) is 2.66. The Balaban J connectivity index is 1.57. The molecule has 27 heavy (non-hydrogen) atoms. The first-order valence-corrected chi connectivity index (χ1v) is 9.06. The third kappa shape index (κ3) is 3.61. The number of carbonyl (C=O) groups is 1. The van der Waals surface area contributed by atoms with Crippen molar-refractivity contribution in [2.24, 2.45) is 0 Å². The van der Waals surface area contributed by atoms with Gasteiger partial charge in [0.05, 0.1) is 25.1 Å². The normalized spacial score (nSPS) is 10.8. The number of pyridine rings is 1. The molecule has 0 fully saturated rings. The molecule has 0 aliphatic rings. The van der Waals surface area contributed by atoms with E-state index in [1.54, 1.807) is 6.20 Å². The van der Waals surface area contributed by atoms with Crippen LogP contribution in [0.4, 0.5) is 0 Å². The second-order valence-corrected chi connectivity index (χ2v) is 6.65. The lowest BCUT2D eigenvalue weighted by molar-refractivity contribution is 0.0956. The standard InChI is InChI=1S/C19H15N5O2S/c25-18(21-10-14-8-4-5-9-20-14)17-15-16(23-27-17)19(26)24(12-22-15)11-13-6-2-1-3-7-13/h1-9,12H,10-11H2,(H,21,25). The van der Waals surface area contributed by atoms with Gasteiger partial charge in [0.2, 0.25) is 0 Å². The number of hydrogen-bond acceptors (Lipinski definition) is 6. The van der Waals surface area contributed by atoms with Crippen molar-refractivity contribution in [1.29, 1.82) is 0 Å². The predicted molar refractivity (Wildman–Crippen MR) is 103 cm³/mol. The fourth-order valence-corrected chi connectivity index (χ4v) is 3.39. The van der Waals surface area contributed by atoms with E-state index in [-0.39, 0.29) is 17.0 Å². The number of rotatable bonds is 5. The predicted octanol–water partition coefficient (Wildman–Crippen LogP) is 2.23. The zero-order valence-electron chi connectivity index (χ0n) is 14.2. The summed E-state index contributed by atoms with van der Waals surface area (Å²) in [6.45, 7) is 0.700. The average Bonchev–Trinajstić information content (AvgIpc) is 3.15. The lowest BCUT2D eigenvalue weighted by Crippen LogP contribution is -2.24. The van der Waals surface area contributed by atoms with Gasteiger partial charge in [-0.15, -0.1) is 0 Å². The highest BCUT2D eigenvalue weighted by molar-refractivity contribution is 7.09. The molecule has 4 aromatic rings. The van der Waals surface area contributed by atoms with Crippen LogP contribution in [0.25, 0.3) is 11.0 Å². The van der Waals surface area contributed by atoms with Crippen LogP contribution in [-0.4, -0.2) is 24.8 Å². The topological polar surface area (TPSA) is 89.8 Å². The Morgan fingerprint density at radius 3 is 2.63 bits per heavy atom. The van der Waals surface area contributed by atoms with Crippen molar-refractivity contribution < 1.29 is 4.79 Å². The van der Waals surface area contributed by atoms with Gasteiger partial charge in [-0.25, -0.2) is 4.98 Å². The van der Waals surface area contributed by atoms with E-state index in [1.807, 2.05) is 48.5 Å². The molecule has 1 N–H and O–H groups in total. The maximum Gasteiger partial charge on any atom is 0.281 e. The Bertz CT molecular complexity index is 1140. The first-order valence-electron chi connectivity index (χ1n) is 8.29. The molecule has 0 aliphatic carbocycles. The summed E-state index contributed by atoms with van der Waals surface area (Å²) < 4.78 is 5.66. The van der Waals surface area contributed by atoms with E-state index >= 15 is 0 Å². The molecule has 8 heteroatoms. The smallest absolute Gasteiger partial charge is 0.281 e. The molecule has 0 atom stereocenters. The summed E-state index contributed by atoms with van der Waals surface area (Å²) in [6.07, 6.45) is 3.13. The van der Waals surface area contributed by atoms with Crippen LogP contribution in [0.15, 0.2) is 65.8 Å². The molecule has 1 amide bonds. The van der Waals surface area contributed by atoms with Gasteiger partial charge < -0.3 is 5.32 Å². The highest BCUT2D eigenvalue weighted by Gasteiger charge is 2.18. The second-order valence-electron chi connectivity index (χ2n) is 5.88. The van der Waals surface area contributed by atoms with Crippen molar-refractivity contribution in [2.45, 2.75) is 13.1 Å². The molecule has 134 valence electrons. The quantitative estimate of drug-likeness (QED) is 0.576. The van der Waals surface area contributed by atoms with Gasteiger partial charge in [0.15, 0.2) is 5.52 Å². The SMILES string of the molecule is O=C(NCc1ccccn1)c1snc2c(=O)n(Cc3ccccc3)cnc12. The number of nitrogens with one attached hydrogen (secondary N) is 1. The Morgan fingerprint density at radius 1 is 1.04 bits per heavy atom. The maximum atomic E-state index is 12.7. The van der Waals surface area contributed by atoms with Crippen molar-refractivity contribution in [3.63, 3.8) is 0 Å². The van der Waals surface area contributed by atoms with Gasteiger partial charge >= 0.3 is 0 Å². The third-order valence-corrected chi connectivity index (χ3v) is 4.85. The van der Waals surface area contributed by atoms with Crippen LogP contribution in [0.3, 0.4) is 0 Å². The molecular weight excluding hydrogens is 362 g/mol. The number of hydrogen-bond donors (Lipinski definition) is 1. The number of benzene rings is 1. The van der Waals surface area contributed by atoms with Crippen molar-refractivity contribution in [2.75, 3.05) is 0 Å². The van der Waals surface area contributed by atoms with Gasteiger partial charge in [0.25, 0.3) is 11.5 Å². The molecule has 0 bridgehead atoms. The number of amides is 1. The summed E-state index contributed by atoms with van der Waals surface area (Å²) in [5.41, 5.74) is 2.01. The van der Waals surface area contributed by atoms with Crippen LogP contribution < -0.4 is 10.9 Å². The molecule has 3 aromatic heterocycles. The van der Waals surface area contributed by atoms with E-state index in [1.165, 1.54) is 10.9 Å². The maximum absolute atomic E-state index is 12.7. The van der Waals surface area contributed by atoms with E-state index in [0.29, 0.717) is 23.5 Å². The molecule has 0 saturated heterocycles. The van der Waals surface area contributed by atoms with Gasteiger partial charge in [-0.05, 0) is 29.2 Å². The van der Waals surface area contributed by atoms with Crippen LogP contribution in [0.5, 0.6) is 0 Å². The zero-order chi connectivity index (χ0) is 18.6. The van der Waals surface area contributed by atoms with Gasteiger partial charge in [0.1, 0.15) is 10.4 Å². The highest BCUT2D eigenvalue weighted by atomic mass is 32.1. The van der Waals surface area contributed by atoms with Crippen LogP contribution >= 0.6 is 11.5 Å². The van der Waals surface area contributed by atoms with Crippen LogP contribution in [0, 0.1) is 0 Å². The second kappa shape index (κ2) is 7.46. The zero-order valence-corrected chi connectivity index (χ0v) is 15.0. The van der Waals surface area contributed by atoms with Crippen molar-refractivity contribution in [3.8, 4) is 0 Å². The summed E-state index contributed by atoms with van der Waals surface area (Å²) in [5.74, 6) is -0.319. The first kappa shape index (κ1) is 17.0. The van der Waals surface area contributed by atoms with Crippen LogP contribution in [-0.2, 0) is 13.1 Å². The van der Waals surface area contributed by atoms with Crippen molar-refractivity contribution in [1.82, 2.24) is 24.2 Å². The van der Waals surface area contributed by atoms with E-state index in [9.17, 15) is 9.59 Å². The number of fused-ring (bicyclic) bond motifs is 1. The van der Waals surface area contributed by atoms with E-state index < -0.39 is 0 Å². The number of carbonyl (C=O) groups excluding carboxylic acids is 1. The molecule has 4 rings (SSSR count). The summed E-state index contributed by atoms with van der Waals surface area (Å²) in [4.78, 5) is 33.9. The van der Waals surface area contributed by atoms with Crippen molar-refractivity contribution in [3.05, 3.63) is 87.5 Å². The minimum Gasteiger partial charge on any atom is -0.346 e. The molecule has 0 radical (unpaired) electrons. The third-order valence-electron chi connectivity index (χ3n) is 4.02. The molecular formula is C19H15N5O2S. The monoisotopic (exact) mass is 377 g/mol. The van der Waals surface area contributed by atoms with E-state index in [4.69, 9.17) is 0 Å². The lowest BCUT2D eigenvalue weighted by Gasteiger charge is -2.05. The molecule has 0 saturated carbocycles. The van der Waals surface area contributed by atoms with Crippen molar-refractivity contribution >= 4 is 28.5 Å². The molecule has 0 aliphatic heterocycles. The highest BCUT2D eigenvalue weighted by Crippen LogP contribution is 2.17. The Kier molecular flexibility index (Phi) is 4.71. The lowest BCUT2D eigenvalue weighted by atomic mass is 10.2. The average molecular weight is 377 g/mol. The Hall–Kier alpha value is -3.39. The molecule has 3 heterocycles. The molecule has 0 unspecified atom stereocenters. The minimum absolute atomic E-state index is 0.210. The molecule has 0 spiro atoms. The van der Waals surface area contributed by atoms with Gasteiger partial charge in [0, 0.05) is 6.20 Å². The fraction of sp³-hybridized carbons (Fsp3) is 0.105. The van der Waals surface area contributed by atoms with E-state index in [2.05, 4.69) is 19.7 Å². The number of nitrogens with zero attached hydrogens (tertiary/aromatic N) is 4. The van der Waals surface area contributed by atoms with Crippen LogP contribution in [0.1, 0.15) is 20.9 Å². The Labute approximate surface area is 158 Å². The molecule has 7 nitrogen and oxygen atoms in total. The minimum atomic E-state index is -0.319. The largest absolute Gasteiger partial charge is 0.346 e. The van der Waals surface area contributed by atoms with Crippen LogP contribution in [0.2, 0.25) is 0 Å². The number of aromatic nitrogens is 4.